The topological polar surface area (TPSA) is 78.9 Å². The van der Waals surface area contributed by atoms with Crippen molar-refractivity contribution in [1.29, 1.82) is 0 Å². The van der Waals surface area contributed by atoms with Crippen LogP contribution < -0.4 is 0 Å². The number of unbranched alkanes of at least 4 members (excludes halogenated alkanes) is 33. The molecule has 0 aromatic rings. The molecule has 0 amide bonds. The molecule has 0 aromatic carbocycles. The number of hydrogen-bond donors (Lipinski definition) is 0. The second kappa shape index (κ2) is 57.4. The van der Waals surface area contributed by atoms with Gasteiger partial charge < -0.3 is 14.2 Å². The van der Waals surface area contributed by atoms with Gasteiger partial charge in [0.2, 0.25) is 0 Å². The van der Waals surface area contributed by atoms with Crippen molar-refractivity contribution >= 4 is 17.9 Å². The summed E-state index contributed by atoms with van der Waals surface area (Å²) < 4.78 is 16.8. The first kappa shape index (κ1) is 65.8. The van der Waals surface area contributed by atoms with Gasteiger partial charge in [0.1, 0.15) is 13.2 Å². The number of allylic oxidation sites excluding steroid dienone is 12. The molecule has 1 unspecified atom stereocenters. The maximum Gasteiger partial charge on any atom is 0.306 e. The maximum atomic E-state index is 12.9. The number of carbonyl (C=O) groups is 3. The molecule has 0 saturated carbocycles. The molecule has 0 aliphatic carbocycles. The number of esters is 3. The van der Waals surface area contributed by atoms with Gasteiger partial charge in [0.05, 0.1) is 0 Å². The van der Waals surface area contributed by atoms with E-state index in [4.69, 9.17) is 14.2 Å². The first-order valence-corrected chi connectivity index (χ1v) is 29.5. The maximum absolute atomic E-state index is 12.9. The van der Waals surface area contributed by atoms with Crippen molar-refractivity contribution in [2.24, 2.45) is 0 Å². The number of rotatable bonds is 53. The molecule has 0 spiro atoms. The highest BCUT2D eigenvalue weighted by Gasteiger charge is 2.19. The van der Waals surface area contributed by atoms with Crippen LogP contribution >= 0.6 is 0 Å². The lowest BCUT2D eigenvalue weighted by molar-refractivity contribution is -0.167. The van der Waals surface area contributed by atoms with Crippen LogP contribution in [0.1, 0.15) is 290 Å². The highest BCUT2D eigenvalue weighted by atomic mass is 16.6. The second-order valence-corrected chi connectivity index (χ2v) is 19.6. The monoisotopic (exact) mass is 963 g/mol. The fraction of sp³-hybridized carbons (Fsp3) is 0.762. The molecular formula is C63H110O6. The molecule has 0 rings (SSSR count). The van der Waals surface area contributed by atoms with Crippen molar-refractivity contribution in [2.75, 3.05) is 13.2 Å². The summed E-state index contributed by atoms with van der Waals surface area (Å²) in [6.45, 7) is 6.59. The summed E-state index contributed by atoms with van der Waals surface area (Å²) in [6.07, 6.45) is 73.2. The van der Waals surface area contributed by atoms with Crippen molar-refractivity contribution in [3.63, 3.8) is 0 Å². The summed E-state index contributed by atoms with van der Waals surface area (Å²) in [7, 11) is 0. The Morgan fingerprint density at radius 2 is 0.536 bits per heavy atom. The third kappa shape index (κ3) is 55.6. The number of carbonyl (C=O) groups excluding carboxylic acids is 3. The van der Waals surface area contributed by atoms with E-state index in [9.17, 15) is 14.4 Å². The molecule has 0 N–H and O–H groups in total. The van der Waals surface area contributed by atoms with E-state index in [2.05, 4.69) is 93.7 Å². The minimum Gasteiger partial charge on any atom is -0.462 e. The molecule has 6 nitrogen and oxygen atoms in total. The van der Waals surface area contributed by atoms with Crippen LogP contribution in [0.4, 0.5) is 0 Å². The predicted molar refractivity (Wildman–Crippen MR) is 298 cm³/mol. The molecule has 0 fully saturated rings. The highest BCUT2D eigenvalue weighted by Crippen LogP contribution is 2.15. The van der Waals surface area contributed by atoms with Crippen molar-refractivity contribution < 1.29 is 28.6 Å². The van der Waals surface area contributed by atoms with Crippen LogP contribution in [0, 0.1) is 0 Å². The van der Waals surface area contributed by atoms with Crippen LogP contribution in [-0.4, -0.2) is 37.2 Å². The van der Waals surface area contributed by atoms with Crippen LogP contribution in [0.25, 0.3) is 0 Å². The minimum atomic E-state index is -0.798. The molecule has 0 heterocycles. The Hall–Kier alpha value is -3.15. The molecule has 0 bridgehead atoms. The van der Waals surface area contributed by atoms with E-state index < -0.39 is 6.10 Å². The van der Waals surface area contributed by atoms with E-state index in [-0.39, 0.29) is 31.1 Å². The zero-order valence-corrected chi connectivity index (χ0v) is 45.6. The quantitative estimate of drug-likeness (QED) is 0.0199. The van der Waals surface area contributed by atoms with Crippen LogP contribution in [0.3, 0.4) is 0 Å². The lowest BCUT2D eigenvalue weighted by Crippen LogP contribution is -2.30. The summed E-state index contributed by atoms with van der Waals surface area (Å²) in [5, 5.41) is 0. The smallest absolute Gasteiger partial charge is 0.306 e. The first-order chi connectivity index (χ1) is 34.0. The Bertz CT molecular complexity index is 1290. The Labute approximate surface area is 427 Å². The van der Waals surface area contributed by atoms with Crippen LogP contribution in [0.5, 0.6) is 0 Å². The predicted octanol–water partition coefficient (Wildman–Crippen LogP) is 19.8. The van der Waals surface area contributed by atoms with Crippen molar-refractivity contribution in [1.82, 2.24) is 0 Å². The minimum absolute atomic E-state index is 0.0957. The van der Waals surface area contributed by atoms with E-state index >= 15 is 0 Å². The van der Waals surface area contributed by atoms with Crippen LogP contribution in [-0.2, 0) is 28.6 Å². The zero-order valence-electron chi connectivity index (χ0n) is 45.6. The van der Waals surface area contributed by atoms with Gasteiger partial charge in [-0.1, -0.05) is 248 Å². The van der Waals surface area contributed by atoms with Crippen LogP contribution in [0.15, 0.2) is 72.9 Å². The van der Waals surface area contributed by atoms with E-state index in [1.165, 1.54) is 154 Å². The number of ether oxygens (including phenoxy) is 3. The summed E-state index contributed by atoms with van der Waals surface area (Å²) in [6, 6.07) is 0. The second-order valence-electron chi connectivity index (χ2n) is 19.6. The van der Waals surface area contributed by atoms with E-state index in [1.807, 2.05) is 0 Å². The molecule has 0 radical (unpaired) electrons. The molecular weight excluding hydrogens is 853 g/mol. The molecule has 0 saturated heterocycles. The molecule has 0 aliphatic rings. The van der Waals surface area contributed by atoms with Crippen molar-refractivity contribution in [2.45, 2.75) is 297 Å². The molecule has 0 aliphatic heterocycles. The van der Waals surface area contributed by atoms with Crippen LogP contribution in [0.2, 0.25) is 0 Å². The molecule has 1 atom stereocenters. The van der Waals surface area contributed by atoms with Gasteiger partial charge in [0, 0.05) is 19.3 Å². The third-order valence-electron chi connectivity index (χ3n) is 12.7. The lowest BCUT2D eigenvalue weighted by Gasteiger charge is -2.18. The molecule has 69 heavy (non-hydrogen) atoms. The van der Waals surface area contributed by atoms with Crippen molar-refractivity contribution in [3.8, 4) is 0 Å². The standard InChI is InChI=1S/C63H110O6/c1-4-7-10-13-16-19-22-25-28-31-33-35-38-41-44-47-50-53-56-62(65)68-59-60(58-67-61(64)55-52-49-46-43-40-37-34-30-27-24-21-18-15-12-9-6-3)69-63(66)57-54-51-48-45-42-39-36-32-29-26-23-20-17-14-11-8-5-2/h22,25-26,28-31,33-35,37,40,60H,4-21,23-24,27,32,36,38-39,41-59H2,1-3H3/b25-22-,29-26-,31-28-,34-30-,35-33-,40-37-. The highest BCUT2D eigenvalue weighted by molar-refractivity contribution is 5.71. The Morgan fingerprint density at radius 3 is 0.870 bits per heavy atom. The van der Waals surface area contributed by atoms with Gasteiger partial charge in [-0.25, -0.2) is 0 Å². The Balaban J connectivity index is 4.46. The van der Waals surface area contributed by atoms with Gasteiger partial charge in [-0.15, -0.1) is 0 Å². The van der Waals surface area contributed by atoms with Gasteiger partial charge in [0.25, 0.3) is 0 Å². The fourth-order valence-corrected chi connectivity index (χ4v) is 8.25. The molecule has 6 heteroatoms. The molecule has 398 valence electrons. The van der Waals surface area contributed by atoms with E-state index in [0.29, 0.717) is 19.3 Å². The van der Waals surface area contributed by atoms with E-state index in [1.54, 1.807) is 0 Å². The largest absolute Gasteiger partial charge is 0.462 e. The summed E-state index contributed by atoms with van der Waals surface area (Å²) >= 11 is 0. The van der Waals surface area contributed by atoms with Gasteiger partial charge in [-0.3, -0.25) is 14.4 Å². The SMILES string of the molecule is CCCCCCC\C=C/C=C\C=C/CCCCCCCC(=O)OCC(COC(=O)CCCCC/C=C\C=C/CCCCCCCCC)OC(=O)CCCCCCCCC/C=C\CCCCCCCC. The van der Waals surface area contributed by atoms with Gasteiger partial charge in [-0.2, -0.15) is 0 Å². The Kier molecular flexibility index (Phi) is 54.8. The van der Waals surface area contributed by atoms with Crippen molar-refractivity contribution in [3.05, 3.63) is 72.9 Å². The lowest BCUT2D eigenvalue weighted by atomic mass is 10.1. The van der Waals surface area contributed by atoms with Gasteiger partial charge in [0.15, 0.2) is 6.10 Å². The summed E-state index contributed by atoms with van der Waals surface area (Å²) in [5.74, 6) is -0.936. The average Bonchev–Trinajstić information content (AvgIpc) is 3.35. The summed E-state index contributed by atoms with van der Waals surface area (Å²) in [4.78, 5) is 38.2. The Morgan fingerprint density at radius 1 is 0.290 bits per heavy atom. The summed E-state index contributed by atoms with van der Waals surface area (Å²) in [5.41, 5.74) is 0. The first-order valence-electron chi connectivity index (χ1n) is 29.5. The molecule has 0 aromatic heterocycles. The van der Waals surface area contributed by atoms with Gasteiger partial charge in [-0.05, 0) is 96.3 Å². The van der Waals surface area contributed by atoms with Gasteiger partial charge >= 0.3 is 17.9 Å². The van der Waals surface area contributed by atoms with E-state index in [0.717, 1.165) is 96.3 Å². The fourth-order valence-electron chi connectivity index (χ4n) is 8.25. The normalized spacial score (nSPS) is 12.6. The number of hydrogen-bond acceptors (Lipinski definition) is 6. The average molecular weight is 964 g/mol. The third-order valence-corrected chi connectivity index (χ3v) is 12.7. The zero-order chi connectivity index (χ0) is 50.0.